The van der Waals surface area contributed by atoms with Gasteiger partial charge >= 0.3 is 0 Å². The first-order valence-corrected chi connectivity index (χ1v) is 6.87. The highest BCUT2D eigenvalue weighted by molar-refractivity contribution is 5.82. The normalized spacial score (nSPS) is 27.4. The monoisotopic (exact) mass is 324 g/mol. The van der Waals surface area contributed by atoms with Crippen molar-refractivity contribution in [3.05, 3.63) is 12.7 Å². The van der Waals surface area contributed by atoms with E-state index in [-0.39, 0.29) is 19.0 Å². The second-order valence-corrected chi connectivity index (χ2v) is 5.03. The van der Waals surface area contributed by atoms with Crippen LogP contribution < -0.4 is 11.1 Å². The van der Waals surface area contributed by atoms with Gasteiger partial charge in [-0.25, -0.2) is 15.0 Å². The Balaban J connectivity index is 1.88. The first-order valence-electron chi connectivity index (χ1n) is 6.87. The third kappa shape index (κ3) is 2.59. The first kappa shape index (κ1) is 15.6. The Morgan fingerprint density at radius 2 is 2.13 bits per heavy atom. The highest BCUT2D eigenvalue weighted by Crippen LogP contribution is 2.31. The molecule has 0 spiro atoms. The number of imidazole rings is 1. The maximum absolute atomic E-state index is 11.9. The number of nitrogens with one attached hydrogen (secondary N) is 1. The van der Waals surface area contributed by atoms with Gasteiger partial charge in [0, 0.05) is 6.54 Å². The number of aliphatic hydroxyl groups excluding tert-OH is 3. The Bertz CT molecular complexity index is 721. The van der Waals surface area contributed by atoms with Gasteiger partial charge in [0.15, 0.2) is 23.8 Å². The molecule has 1 fully saturated rings. The first-order chi connectivity index (χ1) is 11.0. The molecule has 0 saturated carbocycles. The van der Waals surface area contributed by atoms with Crippen molar-refractivity contribution in [3.8, 4) is 0 Å². The van der Waals surface area contributed by atoms with E-state index in [0.29, 0.717) is 11.2 Å². The molecule has 1 unspecified atom stereocenters. The van der Waals surface area contributed by atoms with Crippen LogP contribution in [0, 0.1) is 0 Å². The van der Waals surface area contributed by atoms with Crippen molar-refractivity contribution in [2.24, 2.45) is 0 Å². The summed E-state index contributed by atoms with van der Waals surface area (Å²) < 4.78 is 6.84. The van der Waals surface area contributed by atoms with Crippen molar-refractivity contribution in [1.82, 2.24) is 24.8 Å². The van der Waals surface area contributed by atoms with Gasteiger partial charge in [-0.1, -0.05) is 0 Å². The molecule has 0 radical (unpaired) electrons. The molecule has 0 bridgehead atoms. The molecule has 1 aliphatic rings. The number of anilines is 1. The summed E-state index contributed by atoms with van der Waals surface area (Å²) in [7, 11) is 0. The van der Waals surface area contributed by atoms with E-state index in [4.69, 9.17) is 15.6 Å². The topological polar surface area (TPSA) is 169 Å². The van der Waals surface area contributed by atoms with Crippen LogP contribution in [0.3, 0.4) is 0 Å². The average molecular weight is 324 g/mol. The lowest BCUT2D eigenvalue weighted by Gasteiger charge is -2.16. The third-order valence-corrected chi connectivity index (χ3v) is 3.57. The highest BCUT2D eigenvalue weighted by Gasteiger charge is 2.47. The molecule has 3 rings (SSSR count). The number of nitrogens with two attached hydrogens (primary N) is 1. The van der Waals surface area contributed by atoms with Gasteiger partial charge in [0.1, 0.15) is 24.1 Å². The van der Waals surface area contributed by atoms with Crippen molar-refractivity contribution >= 4 is 22.9 Å². The standard InChI is InChI=1S/C12H16N6O5/c13-9-5-10(16-3-15-9)18(4-17-5)12-7(21)6(20)8(23-12)11(22)14-1-2-19/h3-4,6-8,12,19-21H,1-2H2,(H,14,22)(H2,13,15,16)/t6-,7+,8-,12?/m0/s1. The van der Waals surface area contributed by atoms with Crippen LogP contribution in [-0.2, 0) is 9.53 Å². The molecule has 2 aromatic rings. The number of aromatic nitrogens is 4. The number of fused-ring (bicyclic) bond motifs is 1. The molecule has 4 atom stereocenters. The van der Waals surface area contributed by atoms with Gasteiger partial charge < -0.3 is 31.1 Å². The lowest BCUT2D eigenvalue weighted by molar-refractivity contribution is -0.137. The van der Waals surface area contributed by atoms with Gasteiger partial charge in [-0.3, -0.25) is 9.36 Å². The molecule has 2 aromatic heterocycles. The molecule has 11 heteroatoms. The summed E-state index contributed by atoms with van der Waals surface area (Å²) in [6, 6.07) is 0. The zero-order chi connectivity index (χ0) is 16.6. The van der Waals surface area contributed by atoms with Crippen LogP contribution in [0.4, 0.5) is 5.82 Å². The van der Waals surface area contributed by atoms with E-state index >= 15 is 0 Å². The fourth-order valence-corrected chi connectivity index (χ4v) is 2.44. The molecule has 1 amide bonds. The fraction of sp³-hybridized carbons (Fsp3) is 0.500. The minimum absolute atomic E-state index is 0.0178. The maximum atomic E-state index is 11.9. The number of rotatable bonds is 4. The lowest BCUT2D eigenvalue weighted by atomic mass is 10.1. The Morgan fingerprint density at radius 1 is 1.35 bits per heavy atom. The molecule has 1 aliphatic heterocycles. The lowest BCUT2D eigenvalue weighted by Crippen LogP contribution is -2.43. The summed E-state index contributed by atoms with van der Waals surface area (Å²) in [4.78, 5) is 23.8. The SMILES string of the molecule is Nc1ncnc2c1ncn2C1O[C@H](C(=O)NCCO)[C@@H](O)[C@H]1O. The summed E-state index contributed by atoms with van der Waals surface area (Å²) in [6.07, 6.45) is -2.57. The minimum atomic E-state index is -1.43. The molecule has 3 heterocycles. The molecular formula is C12H16N6O5. The average Bonchev–Trinajstić information content (AvgIpc) is 3.09. The van der Waals surface area contributed by atoms with Crippen LogP contribution in [-0.4, -0.2) is 72.2 Å². The number of hydrogen-bond donors (Lipinski definition) is 5. The smallest absolute Gasteiger partial charge is 0.252 e. The molecular weight excluding hydrogens is 308 g/mol. The summed E-state index contributed by atoms with van der Waals surface area (Å²) in [6.45, 7) is -0.229. The van der Waals surface area contributed by atoms with Gasteiger partial charge in [0.05, 0.1) is 12.9 Å². The molecule has 0 aliphatic carbocycles. The maximum Gasteiger partial charge on any atom is 0.252 e. The number of aliphatic hydroxyl groups is 3. The Kier molecular flexibility index (Phi) is 4.09. The second kappa shape index (κ2) is 6.04. The Labute approximate surface area is 129 Å². The third-order valence-electron chi connectivity index (χ3n) is 3.57. The van der Waals surface area contributed by atoms with E-state index < -0.39 is 30.4 Å². The van der Waals surface area contributed by atoms with Crippen LogP contribution >= 0.6 is 0 Å². The fourth-order valence-electron chi connectivity index (χ4n) is 2.44. The van der Waals surface area contributed by atoms with Gasteiger partial charge in [-0.2, -0.15) is 0 Å². The van der Waals surface area contributed by atoms with Crippen LogP contribution in [0.15, 0.2) is 12.7 Å². The van der Waals surface area contributed by atoms with Crippen LogP contribution in [0.25, 0.3) is 11.2 Å². The van der Waals surface area contributed by atoms with Crippen LogP contribution in [0.2, 0.25) is 0 Å². The predicted octanol–water partition coefficient (Wildman–Crippen LogP) is -2.86. The number of hydrogen-bond acceptors (Lipinski definition) is 9. The van der Waals surface area contributed by atoms with E-state index in [9.17, 15) is 15.0 Å². The zero-order valence-corrected chi connectivity index (χ0v) is 11.9. The van der Waals surface area contributed by atoms with E-state index in [1.165, 1.54) is 17.2 Å². The van der Waals surface area contributed by atoms with Gasteiger partial charge in [0.2, 0.25) is 0 Å². The van der Waals surface area contributed by atoms with E-state index in [0.717, 1.165) is 0 Å². The number of amides is 1. The summed E-state index contributed by atoms with van der Waals surface area (Å²) in [5.41, 5.74) is 6.33. The van der Waals surface area contributed by atoms with Crippen LogP contribution in [0.1, 0.15) is 6.23 Å². The van der Waals surface area contributed by atoms with E-state index in [1.807, 2.05) is 0 Å². The van der Waals surface area contributed by atoms with Gasteiger partial charge in [0.25, 0.3) is 5.91 Å². The number of nitrogen functional groups attached to an aromatic ring is 1. The number of nitrogens with zero attached hydrogens (tertiary/aromatic N) is 4. The molecule has 124 valence electrons. The minimum Gasteiger partial charge on any atom is -0.395 e. The summed E-state index contributed by atoms with van der Waals surface area (Å²) >= 11 is 0. The van der Waals surface area contributed by atoms with Crippen molar-refractivity contribution in [3.63, 3.8) is 0 Å². The molecule has 23 heavy (non-hydrogen) atoms. The molecule has 0 aromatic carbocycles. The van der Waals surface area contributed by atoms with E-state index in [1.54, 1.807) is 0 Å². The summed E-state index contributed by atoms with van der Waals surface area (Å²) in [5.74, 6) is -0.467. The van der Waals surface area contributed by atoms with E-state index in [2.05, 4.69) is 20.3 Å². The zero-order valence-electron chi connectivity index (χ0n) is 11.9. The molecule has 1 saturated heterocycles. The Morgan fingerprint density at radius 3 is 2.87 bits per heavy atom. The van der Waals surface area contributed by atoms with Crippen molar-refractivity contribution < 1.29 is 24.9 Å². The molecule has 6 N–H and O–H groups in total. The summed E-state index contributed by atoms with van der Waals surface area (Å²) in [5, 5.41) is 31.3. The van der Waals surface area contributed by atoms with Crippen LogP contribution in [0.5, 0.6) is 0 Å². The Hall–Kier alpha value is -2.34. The highest BCUT2D eigenvalue weighted by atomic mass is 16.6. The second-order valence-electron chi connectivity index (χ2n) is 5.03. The number of carbonyl (C=O) groups excluding carboxylic acids is 1. The van der Waals surface area contributed by atoms with Gasteiger partial charge in [-0.15, -0.1) is 0 Å². The largest absolute Gasteiger partial charge is 0.395 e. The number of ether oxygens (including phenoxy) is 1. The predicted molar refractivity (Wildman–Crippen MR) is 75.8 cm³/mol. The van der Waals surface area contributed by atoms with Crippen molar-refractivity contribution in [2.75, 3.05) is 18.9 Å². The van der Waals surface area contributed by atoms with Gasteiger partial charge in [-0.05, 0) is 0 Å². The van der Waals surface area contributed by atoms with Crippen molar-refractivity contribution in [1.29, 1.82) is 0 Å². The van der Waals surface area contributed by atoms with Crippen molar-refractivity contribution in [2.45, 2.75) is 24.5 Å². The molecule has 11 nitrogen and oxygen atoms in total. The number of carbonyl (C=O) groups is 1. The quantitative estimate of drug-likeness (QED) is 0.397.